The van der Waals surface area contributed by atoms with Crippen LogP contribution in [0.3, 0.4) is 0 Å². The van der Waals surface area contributed by atoms with E-state index < -0.39 is 5.82 Å². The Morgan fingerprint density at radius 1 is 1.04 bits per heavy atom. The third-order valence-corrected chi connectivity index (χ3v) is 3.50. The highest BCUT2D eigenvalue weighted by atomic mass is 35.5. The molecule has 0 radical (unpaired) electrons. The highest BCUT2D eigenvalue weighted by Gasteiger charge is 2.14. The average Bonchev–Trinajstić information content (AvgIpc) is 2.57. The normalized spacial score (nSPS) is 10.2. The Labute approximate surface area is 143 Å². The maximum absolute atomic E-state index is 13.8. The summed E-state index contributed by atoms with van der Waals surface area (Å²) >= 11 is 5.91. The van der Waals surface area contributed by atoms with Gasteiger partial charge < -0.3 is 10.6 Å². The van der Waals surface area contributed by atoms with Gasteiger partial charge in [-0.2, -0.15) is 0 Å². The van der Waals surface area contributed by atoms with E-state index in [9.17, 15) is 9.18 Å². The molecule has 6 heteroatoms. The van der Waals surface area contributed by atoms with Crippen molar-refractivity contribution in [3.8, 4) is 0 Å². The molecule has 0 saturated carbocycles. The van der Waals surface area contributed by atoms with Gasteiger partial charge in [-0.25, -0.2) is 9.37 Å². The fourth-order valence-corrected chi connectivity index (χ4v) is 2.33. The quantitative estimate of drug-likeness (QED) is 0.711. The van der Waals surface area contributed by atoms with E-state index in [1.54, 1.807) is 54.6 Å². The fraction of sp³-hybridized carbons (Fsp3) is 0. The third kappa shape index (κ3) is 3.70. The maximum Gasteiger partial charge on any atom is 0.259 e. The number of benzene rings is 2. The molecule has 1 aromatic heterocycles. The van der Waals surface area contributed by atoms with E-state index in [4.69, 9.17) is 11.6 Å². The van der Waals surface area contributed by atoms with Gasteiger partial charge >= 0.3 is 0 Å². The zero-order valence-corrected chi connectivity index (χ0v) is 13.2. The second-order valence-electron chi connectivity index (χ2n) is 4.97. The van der Waals surface area contributed by atoms with Crippen LogP contribution in [-0.2, 0) is 0 Å². The van der Waals surface area contributed by atoms with E-state index in [2.05, 4.69) is 15.6 Å². The molecular formula is C18H13ClFN3O. The number of carbonyl (C=O) groups excluding carboxylic acids is 1. The zero-order valence-electron chi connectivity index (χ0n) is 12.5. The zero-order chi connectivity index (χ0) is 16.9. The van der Waals surface area contributed by atoms with Crippen LogP contribution in [-0.4, -0.2) is 10.9 Å². The molecule has 3 rings (SSSR count). The first-order valence-corrected chi connectivity index (χ1v) is 7.55. The van der Waals surface area contributed by atoms with Crippen LogP contribution in [0.15, 0.2) is 66.9 Å². The van der Waals surface area contributed by atoms with E-state index in [1.807, 2.05) is 0 Å². The highest BCUT2D eigenvalue weighted by Crippen LogP contribution is 2.22. The molecule has 0 bridgehead atoms. The van der Waals surface area contributed by atoms with Crippen LogP contribution in [0.2, 0.25) is 5.02 Å². The molecule has 1 amide bonds. The number of para-hydroxylation sites is 1. The van der Waals surface area contributed by atoms with E-state index >= 15 is 0 Å². The molecule has 0 aliphatic heterocycles. The van der Waals surface area contributed by atoms with Gasteiger partial charge in [-0.1, -0.05) is 29.8 Å². The predicted octanol–water partition coefficient (Wildman–Crippen LogP) is 4.87. The molecule has 0 fully saturated rings. The van der Waals surface area contributed by atoms with E-state index in [0.29, 0.717) is 16.3 Å². The number of carbonyl (C=O) groups is 1. The fourth-order valence-electron chi connectivity index (χ4n) is 2.14. The van der Waals surface area contributed by atoms with Crippen LogP contribution < -0.4 is 10.6 Å². The Bertz CT molecular complexity index is 885. The summed E-state index contributed by atoms with van der Waals surface area (Å²) in [6.45, 7) is 0. The number of hydrogen-bond acceptors (Lipinski definition) is 3. The summed E-state index contributed by atoms with van der Waals surface area (Å²) < 4.78 is 13.8. The van der Waals surface area contributed by atoms with Crippen molar-refractivity contribution in [2.75, 3.05) is 10.6 Å². The summed E-state index contributed by atoms with van der Waals surface area (Å²) in [5.41, 5.74) is 1.10. The number of amides is 1. The molecule has 2 aromatic carbocycles. The van der Waals surface area contributed by atoms with Gasteiger partial charge in [0.15, 0.2) is 0 Å². The van der Waals surface area contributed by atoms with Crippen molar-refractivity contribution in [1.82, 2.24) is 4.98 Å². The first kappa shape index (κ1) is 16.0. The number of halogens is 2. The number of nitrogens with zero attached hydrogens (tertiary/aromatic N) is 1. The number of aromatic nitrogens is 1. The standard InChI is InChI=1S/C18H13ClFN3O/c19-12-5-3-6-13(11-12)22-18(24)14-7-4-10-21-17(14)23-16-9-2-1-8-15(16)20/h1-11H,(H,21,23)(H,22,24). The van der Waals surface area contributed by atoms with Gasteiger partial charge in [-0.05, 0) is 42.5 Å². The molecule has 0 aliphatic carbocycles. The molecule has 2 N–H and O–H groups in total. The van der Waals surface area contributed by atoms with Crippen LogP contribution in [0, 0.1) is 5.82 Å². The van der Waals surface area contributed by atoms with E-state index in [-0.39, 0.29) is 17.4 Å². The molecule has 3 aromatic rings. The highest BCUT2D eigenvalue weighted by molar-refractivity contribution is 6.31. The average molecular weight is 342 g/mol. The number of hydrogen-bond donors (Lipinski definition) is 2. The van der Waals surface area contributed by atoms with Gasteiger partial charge in [-0.15, -0.1) is 0 Å². The number of anilines is 3. The smallest absolute Gasteiger partial charge is 0.259 e. The van der Waals surface area contributed by atoms with Crippen molar-refractivity contribution in [2.24, 2.45) is 0 Å². The Kier molecular flexibility index (Phi) is 4.72. The number of nitrogens with one attached hydrogen (secondary N) is 2. The van der Waals surface area contributed by atoms with Gasteiger partial charge in [0, 0.05) is 16.9 Å². The Morgan fingerprint density at radius 2 is 1.88 bits per heavy atom. The van der Waals surface area contributed by atoms with Gasteiger partial charge in [0.25, 0.3) is 5.91 Å². The summed E-state index contributed by atoms with van der Waals surface area (Å²) in [6, 6.07) is 16.2. The number of rotatable bonds is 4. The minimum Gasteiger partial charge on any atom is -0.337 e. The lowest BCUT2D eigenvalue weighted by Crippen LogP contribution is -2.14. The van der Waals surface area contributed by atoms with Gasteiger partial charge in [0.05, 0.1) is 11.3 Å². The summed E-state index contributed by atoms with van der Waals surface area (Å²) in [4.78, 5) is 16.6. The van der Waals surface area contributed by atoms with Crippen LogP contribution in [0.1, 0.15) is 10.4 Å². The lowest BCUT2D eigenvalue weighted by atomic mass is 10.2. The molecule has 1 heterocycles. The van der Waals surface area contributed by atoms with Crippen molar-refractivity contribution >= 4 is 34.7 Å². The van der Waals surface area contributed by atoms with Crippen LogP contribution in [0.4, 0.5) is 21.6 Å². The number of pyridine rings is 1. The molecule has 0 spiro atoms. The second-order valence-corrected chi connectivity index (χ2v) is 5.41. The van der Waals surface area contributed by atoms with Crippen molar-refractivity contribution < 1.29 is 9.18 Å². The monoisotopic (exact) mass is 341 g/mol. The molecule has 0 aliphatic rings. The van der Waals surface area contributed by atoms with Crippen molar-refractivity contribution in [3.05, 3.63) is 83.3 Å². The molecular weight excluding hydrogens is 329 g/mol. The topological polar surface area (TPSA) is 54.0 Å². The van der Waals surface area contributed by atoms with Crippen LogP contribution in [0.5, 0.6) is 0 Å². The molecule has 4 nitrogen and oxygen atoms in total. The molecule has 0 atom stereocenters. The molecule has 0 unspecified atom stereocenters. The van der Waals surface area contributed by atoms with Crippen LogP contribution in [0.25, 0.3) is 0 Å². The minimum absolute atomic E-state index is 0.244. The Morgan fingerprint density at radius 3 is 2.67 bits per heavy atom. The minimum atomic E-state index is -0.427. The summed E-state index contributed by atoms with van der Waals surface area (Å²) in [6.07, 6.45) is 1.53. The van der Waals surface area contributed by atoms with E-state index in [1.165, 1.54) is 12.3 Å². The molecule has 24 heavy (non-hydrogen) atoms. The second kappa shape index (κ2) is 7.10. The summed E-state index contributed by atoms with van der Waals surface area (Å²) in [7, 11) is 0. The molecule has 0 saturated heterocycles. The summed E-state index contributed by atoms with van der Waals surface area (Å²) in [5.74, 6) is -0.532. The van der Waals surface area contributed by atoms with E-state index in [0.717, 1.165) is 0 Å². The first-order chi connectivity index (χ1) is 11.6. The van der Waals surface area contributed by atoms with Gasteiger partial charge in [-0.3, -0.25) is 4.79 Å². The van der Waals surface area contributed by atoms with Crippen molar-refractivity contribution in [1.29, 1.82) is 0 Å². The SMILES string of the molecule is O=C(Nc1cccc(Cl)c1)c1cccnc1Nc1ccccc1F. The maximum atomic E-state index is 13.8. The lowest BCUT2D eigenvalue weighted by Gasteiger charge is -2.12. The lowest BCUT2D eigenvalue weighted by molar-refractivity contribution is 0.102. The van der Waals surface area contributed by atoms with Gasteiger partial charge in [0.1, 0.15) is 11.6 Å². The predicted molar refractivity (Wildman–Crippen MR) is 93.3 cm³/mol. The summed E-state index contributed by atoms with van der Waals surface area (Å²) in [5, 5.41) is 6.11. The molecule has 120 valence electrons. The third-order valence-electron chi connectivity index (χ3n) is 3.26. The van der Waals surface area contributed by atoms with Crippen molar-refractivity contribution in [3.63, 3.8) is 0 Å². The first-order valence-electron chi connectivity index (χ1n) is 7.17. The Balaban J connectivity index is 1.86. The van der Waals surface area contributed by atoms with Gasteiger partial charge in [0.2, 0.25) is 0 Å². The van der Waals surface area contributed by atoms with Crippen LogP contribution >= 0.6 is 11.6 Å². The largest absolute Gasteiger partial charge is 0.337 e. The Hall–Kier alpha value is -2.92. The van der Waals surface area contributed by atoms with Crippen molar-refractivity contribution in [2.45, 2.75) is 0 Å².